The van der Waals surface area contributed by atoms with Gasteiger partial charge in [0.2, 0.25) is 0 Å². The van der Waals surface area contributed by atoms with Crippen LogP contribution in [0.5, 0.6) is 0 Å². The van der Waals surface area contributed by atoms with E-state index in [0.717, 1.165) is 43.6 Å². The summed E-state index contributed by atoms with van der Waals surface area (Å²) in [6, 6.07) is 1.92. The molecule has 2 N–H and O–H groups in total. The number of anilines is 2. The van der Waals surface area contributed by atoms with Crippen LogP contribution in [-0.2, 0) is 4.79 Å². The predicted octanol–water partition coefficient (Wildman–Crippen LogP) is 0.0333. The lowest BCUT2D eigenvalue weighted by molar-refractivity contribution is -0.138. The number of carbonyl (C=O) groups is 1. The first-order valence-corrected chi connectivity index (χ1v) is 6.31. The fourth-order valence-electron chi connectivity index (χ4n) is 2.17. The molecule has 0 bridgehead atoms. The van der Waals surface area contributed by atoms with Crippen molar-refractivity contribution < 1.29 is 9.90 Å². The summed E-state index contributed by atoms with van der Waals surface area (Å²) in [5, 5.41) is 11.8. The Bertz CT molecular complexity index is 457. The van der Waals surface area contributed by atoms with E-state index >= 15 is 0 Å². The van der Waals surface area contributed by atoms with Gasteiger partial charge in [0, 0.05) is 39.3 Å². The van der Waals surface area contributed by atoms with Gasteiger partial charge in [0.05, 0.1) is 6.54 Å². The van der Waals surface area contributed by atoms with E-state index < -0.39 is 5.97 Å². The summed E-state index contributed by atoms with van der Waals surface area (Å²) in [6.45, 7) is 5.03. The van der Waals surface area contributed by atoms with E-state index in [4.69, 9.17) is 5.11 Å². The van der Waals surface area contributed by atoms with Crippen LogP contribution in [-0.4, -0.2) is 65.7 Å². The number of hydrogen-bond acceptors (Lipinski definition) is 6. The van der Waals surface area contributed by atoms with Crippen LogP contribution in [0.4, 0.5) is 11.6 Å². The fourth-order valence-corrected chi connectivity index (χ4v) is 2.17. The van der Waals surface area contributed by atoms with Gasteiger partial charge in [0.25, 0.3) is 0 Å². The maximum Gasteiger partial charge on any atom is 0.317 e. The number of hydrogen-bond donors (Lipinski definition) is 2. The van der Waals surface area contributed by atoms with Crippen molar-refractivity contribution in [3.63, 3.8) is 0 Å². The number of rotatable bonds is 4. The Morgan fingerprint density at radius 1 is 1.37 bits per heavy atom. The molecule has 0 unspecified atom stereocenters. The van der Waals surface area contributed by atoms with Crippen LogP contribution >= 0.6 is 0 Å². The lowest BCUT2D eigenvalue weighted by Crippen LogP contribution is -2.48. The maximum atomic E-state index is 10.7. The zero-order valence-corrected chi connectivity index (χ0v) is 11.3. The molecule has 7 heteroatoms. The number of piperazine rings is 1. The molecule has 0 saturated carbocycles. The minimum Gasteiger partial charge on any atom is -0.480 e. The molecule has 7 nitrogen and oxygen atoms in total. The van der Waals surface area contributed by atoms with Crippen LogP contribution in [0, 0.1) is 6.92 Å². The SMILES string of the molecule is CNc1cc(N2CCN(CC(=O)O)CC2)nc(C)n1. The second-order valence-electron chi connectivity index (χ2n) is 4.57. The van der Waals surface area contributed by atoms with Gasteiger partial charge in [0.1, 0.15) is 17.5 Å². The first-order chi connectivity index (χ1) is 9.08. The van der Waals surface area contributed by atoms with Gasteiger partial charge in [-0.25, -0.2) is 9.97 Å². The summed E-state index contributed by atoms with van der Waals surface area (Å²) < 4.78 is 0. The molecule has 0 radical (unpaired) electrons. The normalized spacial score (nSPS) is 16.4. The van der Waals surface area contributed by atoms with Gasteiger partial charge in [-0.05, 0) is 6.92 Å². The maximum absolute atomic E-state index is 10.7. The molecule has 104 valence electrons. The number of carboxylic acid groups (broad SMARTS) is 1. The Labute approximate surface area is 112 Å². The molecule has 2 rings (SSSR count). The zero-order chi connectivity index (χ0) is 13.8. The molecular weight excluding hydrogens is 246 g/mol. The molecule has 0 spiro atoms. The molecule has 1 aromatic heterocycles. The zero-order valence-electron chi connectivity index (χ0n) is 11.3. The third-order valence-corrected chi connectivity index (χ3v) is 3.14. The Kier molecular flexibility index (Phi) is 4.16. The third-order valence-electron chi connectivity index (χ3n) is 3.14. The van der Waals surface area contributed by atoms with Crippen LogP contribution in [0.15, 0.2) is 6.07 Å². The van der Waals surface area contributed by atoms with E-state index in [1.165, 1.54) is 0 Å². The average Bonchev–Trinajstić information content (AvgIpc) is 2.38. The van der Waals surface area contributed by atoms with Gasteiger partial charge < -0.3 is 15.3 Å². The first-order valence-electron chi connectivity index (χ1n) is 6.31. The van der Waals surface area contributed by atoms with Crippen molar-refractivity contribution in [2.24, 2.45) is 0 Å². The van der Waals surface area contributed by atoms with Crippen molar-refractivity contribution in [1.29, 1.82) is 0 Å². The summed E-state index contributed by atoms with van der Waals surface area (Å²) in [5.41, 5.74) is 0. The van der Waals surface area contributed by atoms with E-state index in [-0.39, 0.29) is 6.54 Å². The van der Waals surface area contributed by atoms with Crippen LogP contribution in [0.25, 0.3) is 0 Å². The average molecular weight is 265 g/mol. The van der Waals surface area contributed by atoms with Crippen molar-refractivity contribution in [3.8, 4) is 0 Å². The van der Waals surface area contributed by atoms with Crippen molar-refractivity contribution in [2.75, 3.05) is 50.0 Å². The molecule has 19 heavy (non-hydrogen) atoms. The van der Waals surface area contributed by atoms with Gasteiger partial charge in [-0.3, -0.25) is 9.69 Å². The smallest absolute Gasteiger partial charge is 0.317 e. The van der Waals surface area contributed by atoms with E-state index in [9.17, 15) is 4.79 Å². The van der Waals surface area contributed by atoms with Crippen LogP contribution in [0.3, 0.4) is 0 Å². The number of nitrogens with zero attached hydrogens (tertiary/aromatic N) is 4. The summed E-state index contributed by atoms with van der Waals surface area (Å²) >= 11 is 0. The predicted molar refractivity (Wildman–Crippen MR) is 72.6 cm³/mol. The number of aromatic nitrogens is 2. The number of aliphatic carboxylic acids is 1. The molecule has 1 aromatic rings. The molecule has 1 saturated heterocycles. The molecule has 2 heterocycles. The molecule has 1 aliphatic heterocycles. The van der Waals surface area contributed by atoms with Crippen LogP contribution in [0.1, 0.15) is 5.82 Å². The molecule has 0 aromatic carbocycles. The van der Waals surface area contributed by atoms with Crippen molar-refractivity contribution in [2.45, 2.75) is 6.92 Å². The Morgan fingerprint density at radius 3 is 2.63 bits per heavy atom. The van der Waals surface area contributed by atoms with Gasteiger partial charge in [-0.1, -0.05) is 0 Å². The van der Waals surface area contributed by atoms with E-state index in [1.54, 1.807) is 0 Å². The van der Waals surface area contributed by atoms with Crippen LogP contribution in [0.2, 0.25) is 0 Å². The fraction of sp³-hybridized carbons (Fsp3) is 0.583. The molecule has 1 fully saturated rings. The van der Waals surface area contributed by atoms with Crippen molar-refractivity contribution >= 4 is 17.6 Å². The second kappa shape index (κ2) is 5.83. The third kappa shape index (κ3) is 3.54. The molecular formula is C12H19N5O2. The topological polar surface area (TPSA) is 81.6 Å². The Balaban J connectivity index is 2.01. The highest BCUT2D eigenvalue weighted by atomic mass is 16.4. The second-order valence-corrected chi connectivity index (χ2v) is 4.57. The van der Waals surface area contributed by atoms with E-state index in [1.807, 2.05) is 24.9 Å². The number of carboxylic acids is 1. The van der Waals surface area contributed by atoms with E-state index in [2.05, 4.69) is 20.2 Å². The lowest BCUT2D eigenvalue weighted by Gasteiger charge is -2.34. The van der Waals surface area contributed by atoms with Gasteiger partial charge in [0.15, 0.2) is 0 Å². The molecule has 0 aliphatic carbocycles. The quantitative estimate of drug-likeness (QED) is 0.795. The van der Waals surface area contributed by atoms with Crippen LogP contribution < -0.4 is 10.2 Å². The largest absolute Gasteiger partial charge is 0.480 e. The van der Waals surface area contributed by atoms with E-state index in [0.29, 0.717) is 0 Å². The minimum absolute atomic E-state index is 0.110. The van der Waals surface area contributed by atoms with Gasteiger partial charge in [-0.15, -0.1) is 0 Å². The van der Waals surface area contributed by atoms with Gasteiger partial charge in [-0.2, -0.15) is 0 Å². The lowest BCUT2D eigenvalue weighted by atomic mass is 10.3. The standard InChI is InChI=1S/C12H19N5O2/c1-9-14-10(13-2)7-11(15-9)17-5-3-16(4-6-17)8-12(18)19/h7H,3-6,8H2,1-2H3,(H,18,19)(H,13,14,15). The summed E-state index contributed by atoms with van der Waals surface area (Å²) in [7, 11) is 1.83. The Hall–Kier alpha value is -1.89. The van der Waals surface area contributed by atoms with Crippen molar-refractivity contribution in [3.05, 3.63) is 11.9 Å². The summed E-state index contributed by atoms with van der Waals surface area (Å²) in [6.07, 6.45) is 0. The molecule has 1 aliphatic rings. The molecule has 0 atom stereocenters. The highest BCUT2D eigenvalue weighted by molar-refractivity contribution is 5.69. The highest BCUT2D eigenvalue weighted by Gasteiger charge is 2.20. The first kappa shape index (κ1) is 13.5. The van der Waals surface area contributed by atoms with Gasteiger partial charge >= 0.3 is 5.97 Å². The molecule has 0 amide bonds. The minimum atomic E-state index is -0.774. The van der Waals surface area contributed by atoms with Crippen molar-refractivity contribution in [1.82, 2.24) is 14.9 Å². The monoisotopic (exact) mass is 265 g/mol. The summed E-state index contributed by atoms with van der Waals surface area (Å²) in [4.78, 5) is 23.5. The number of nitrogens with one attached hydrogen (secondary N) is 1. The summed E-state index contributed by atoms with van der Waals surface area (Å²) in [5.74, 6) is 1.65. The number of aryl methyl sites for hydroxylation is 1. The highest BCUT2D eigenvalue weighted by Crippen LogP contribution is 2.17. The Morgan fingerprint density at radius 2 is 2.05 bits per heavy atom.